The zero-order valence-electron chi connectivity index (χ0n) is 11.2. The zero-order valence-corrected chi connectivity index (χ0v) is 12.0. The van der Waals surface area contributed by atoms with Crippen LogP contribution in [0.25, 0.3) is 0 Å². The second-order valence-corrected chi connectivity index (χ2v) is 5.96. The van der Waals surface area contributed by atoms with E-state index in [0.717, 1.165) is 18.4 Å². The molecule has 0 bridgehead atoms. The number of carbonyl (C=O) groups is 1. The molecular weight excluding hydrogens is 248 g/mol. The molecule has 1 N–H and O–H groups in total. The molecule has 100 valence electrons. The van der Waals surface area contributed by atoms with Gasteiger partial charge in [-0.3, -0.25) is 4.79 Å². The Balaban J connectivity index is 2.74. The molecule has 0 aliphatic heterocycles. The quantitative estimate of drug-likeness (QED) is 0.790. The van der Waals surface area contributed by atoms with E-state index in [2.05, 4.69) is 13.8 Å². The van der Waals surface area contributed by atoms with Crippen molar-refractivity contribution in [3.05, 3.63) is 35.4 Å². The molecule has 0 amide bonds. The van der Waals surface area contributed by atoms with Gasteiger partial charge >= 0.3 is 5.97 Å². The number of benzene rings is 1. The van der Waals surface area contributed by atoms with Gasteiger partial charge < -0.3 is 5.11 Å². The standard InChI is InChI=1S/C15H21ClO2/c1-11(14(17)18)13-6-4-12(5-7-13)10-15(2,3)8-9-16/h4-7,11H,8-10H2,1-3H3,(H,17,18). The fourth-order valence-electron chi connectivity index (χ4n) is 1.96. The molecule has 0 spiro atoms. The maximum atomic E-state index is 10.9. The Kier molecular flexibility index (Phi) is 5.21. The van der Waals surface area contributed by atoms with Crippen molar-refractivity contribution in [2.75, 3.05) is 5.88 Å². The van der Waals surface area contributed by atoms with Crippen molar-refractivity contribution in [1.82, 2.24) is 0 Å². The van der Waals surface area contributed by atoms with Crippen molar-refractivity contribution in [2.45, 2.75) is 39.5 Å². The van der Waals surface area contributed by atoms with Gasteiger partial charge in [-0.25, -0.2) is 0 Å². The first kappa shape index (κ1) is 15.0. The summed E-state index contributed by atoms with van der Waals surface area (Å²) < 4.78 is 0. The van der Waals surface area contributed by atoms with Gasteiger partial charge in [-0.15, -0.1) is 11.6 Å². The molecule has 2 nitrogen and oxygen atoms in total. The van der Waals surface area contributed by atoms with Gasteiger partial charge in [0.2, 0.25) is 0 Å². The van der Waals surface area contributed by atoms with Crippen molar-refractivity contribution in [2.24, 2.45) is 5.41 Å². The van der Waals surface area contributed by atoms with Crippen LogP contribution in [-0.4, -0.2) is 17.0 Å². The Hall–Kier alpha value is -1.02. The predicted molar refractivity (Wildman–Crippen MR) is 75.3 cm³/mol. The summed E-state index contributed by atoms with van der Waals surface area (Å²) in [6.45, 7) is 6.10. The van der Waals surface area contributed by atoms with Crippen molar-refractivity contribution >= 4 is 17.6 Å². The number of hydrogen-bond acceptors (Lipinski definition) is 1. The summed E-state index contributed by atoms with van der Waals surface area (Å²) in [7, 11) is 0. The highest BCUT2D eigenvalue weighted by Gasteiger charge is 2.18. The molecule has 0 radical (unpaired) electrons. The number of carboxylic acid groups (broad SMARTS) is 1. The first-order valence-electron chi connectivity index (χ1n) is 6.23. The second-order valence-electron chi connectivity index (χ2n) is 5.58. The van der Waals surface area contributed by atoms with E-state index < -0.39 is 11.9 Å². The second kappa shape index (κ2) is 6.24. The molecule has 1 atom stereocenters. The van der Waals surface area contributed by atoms with Crippen molar-refractivity contribution in [3.63, 3.8) is 0 Å². The monoisotopic (exact) mass is 268 g/mol. The molecule has 18 heavy (non-hydrogen) atoms. The highest BCUT2D eigenvalue weighted by atomic mass is 35.5. The van der Waals surface area contributed by atoms with E-state index in [1.807, 2.05) is 24.3 Å². The van der Waals surface area contributed by atoms with Gasteiger partial charge in [0.05, 0.1) is 5.92 Å². The average molecular weight is 269 g/mol. The topological polar surface area (TPSA) is 37.3 Å². The van der Waals surface area contributed by atoms with Crippen molar-refractivity contribution < 1.29 is 9.90 Å². The summed E-state index contributed by atoms with van der Waals surface area (Å²) in [6.07, 6.45) is 1.93. The Morgan fingerprint density at radius 2 is 1.89 bits per heavy atom. The third kappa shape index (κ3) is 4.34. The van der Waals surface area contributed by atoms with Crippen LogP contribution in [0.1, 0.15) is 44.2 Å². The third-order valence-corrected chi connectivity index (χ3v) is 3.49. The summed E-state index contributed by atoms with van der Waals surface area (Å²) in [4.78, 5) is 10.9. The molecule has 0 aliphatic carbocycles. The fourth-order valence-corrected chi connectivity index (χ4v) is 2.48. The third-order valence-electron chi connectivity index (χ3n) is 3.30. The minimum atomic E-state index is -0.787. The molecule has 0 heterocycles. The number of rotatable bonds is 6. The summed E-state index contributed by atoms with van der Waals surface area (Å²) >= 11 is 5.79. The fraction of sp³-hybridized carbons (Fsp3) is 0.533. The summed E-state index contributed by atoms with van der Waals surface area (Å²) in [5.41, 5.74) is 2.26. The summed E-state index contributed by atoms with van der Waals surface area (Å²) in [6, 6.07) is 7.85. The number of hydrogen-bond donors (Lipinski definition) is 1. The average Bonchev–Trinajstić information content (AvgIpc) is 2.28. The van der Waals surface area contributed by atoms with Crippen molar-refractivity contribution in [1.29, 1.82) is 0 Å². The molecular formula is C15H21ClO2. The van der Waals surface area contributed by atoms with E-state index in [0.29, 0.717) is 5.88 Å². The van der Waals surface area contributed by atoms with E-state index in [4.69, 9.17) is 16.7 Å². The van der Waals surface area contributed by atoms with E-state index in [1.54, 1.807) is 6.92 Å². The van der Waals surface area contributed by atoms with Gasteiger partial charge in [0.1, 0.15) is 0 Å². The maximum Gasteiger partial charge on any atom is 0.310 e. The van der Waals surface area contributed by atoms with Crippen LogP contribution >= 0.6 is 11.6 Å². The first-order valence-corrected chi connectivity index (χ1v) is 6.77. The number of aliphatic carboxylic acids is 1. The lowest BCUT2D eigenvalue weighted by molar-refractivity contribution is -0.138. The molecule has 0 aromatic heterocycles. The van der Waals surface area contributed by atoms with Crippen LogP contribution in [0.2, 0.25) is 0 Å². The SMILES string of the molecule is CC(C(=O)O)c1ccc(CC(C)(C)CCCl)cc1. The van der Waals surface area contributed by atoms with E-state index in [9.17, 15) is 4.79 Å². The summed E-state index contributed by atoms with van der Waals surface area (Å²) in [5, 5.41) is 8.95. The van der Waals surface area contributed by atoms with Gasteiger partial charge in [-0.05, 0) is 36.3 Å². The van der Waals surface area contributed by atoms with Gasteiger partial charge in [-0.2, -0.15) is 0 Å². The van der Waals surface area contributed by atoms with Crippen LogP contribution in [-0.2, 0) is 11.2 Å². The lowest BCUT2D eigenvalue weighted by Crippen LogP contribution is -2.15. The van der Waals surface area contributed by atoms with E-state index in [1.165, 1.54) is 5.56 Å². The summed E-state index contributed by atoms with van der Waals surface area (Å²) in [5.74, 6) is -0.568. The van der Waals surface area contributed by atoms with Crippen LogP contribution in [0, 0.1) is 5.41 Å². The predicted octanol–water partition coefficient (Wildman–Crippen LogP) is 4.07. The van der Waals surface area contributed by atoms with Crippen LogP contribution < -0.4 is 0 Å². The van der Waals surface area contributed by atoms with Crippen LogP contribution in [0.3, 0.4) is 0 Å². The highest BCUT2D eigenvalue weighted by molar-refractivity contribution is 6.17. The van der Waals surface area contributed by atoms with Gasteiger partial charge in [0.15, 0.2) is 0 Å². The molecule has 3 heteroatoms. The molecule has 1 unspecified atom stereocenters. The molecule has 0 saturated carbocycles. The van der Waals surface area contributed by atoms with Gasteiger partial charge in [0, 0.05) is 5.88 Å². The Morgan fingerprint density at radius 1 is 1.33 bits per heavy atom. The lowest BCUT2D eigenvalue weighted by Gasteiger charge is -2.23. The Morgan fingerprint density at radius 3 is 2.33 bits per heavy atom. The molecule has 0 fully saturated rings. The smallest absolute Gasteiger partial charge is 0.310 e. The first-order chi connectivity index (χ1) is 8.35. The minimum Gasteiger partial charge on any atom is -0.481 e. The van der Waals surface area contributed by atoms with Crippen LogP contribution in [0.5, 0.6) is 0 Å². The number of halogens is 1. The van der Waals surface area contributed by atoms with Crippen LogP contribution in [0.15, 0.2) is 24.3 Å². The number of carboxylic acids is 1. The highest BCUT2D eigenvalue weighted by Crippen LogP contribution is 2.27. The number of alkyl halides is 1. The van der Waals surface area contributed by atoms with E-state index >= 15 is 0 Å². The molecule has 1 aromatic rings. The normalized spacial score (nSPS) is 13.3. The minimum absolute atomic E-state index is 0.182. The Labute approximate surface area is 114 Å². The van der Waals surface area contributed by atoms with E-state index in [-0.39, 0.29) is 5.41 Å². The molecule has 1 aromatic carbocycles. The van der Waals surface area contributed by atoms with Gasteiger partial charge in [0.25, 0.3) is 0 Å². The maximum absolute atomic E-state index is 10.9. The van der Waals surface area contributed by atoms with Crippen LogP contribution in [0.4, 0.5) is 0 Å². The lowest BCUT2D eigenvalue weighted by atomic mass is 9.83. The molecule has 1 rings (SSSR count). The molecule has 0 saturated heterocycles. The Bertz CT molecular complexity index is 395. The largest absolute Gasteiger partial charge is 0.481 e. The van der Waals surface area contributed by atoms with Gasteiger partial charge in [-0.1, -0.05) is 38.1 Å². The van der Waals surface area contributed by atoms with Crippen molar-refractivity contribution in [3.8, 4) is 0 Å². The zero-order chi connectivity index (χ0) is 13.8. The molecule has 0 aliphatic rings.